The van der Waals surface area contributed by atoms with E-state index in [1.54, 1.807) is 26.8 Å². The maximum absolute atomic E-state index is 12.9. The van der Waals surface area contributed by atoms with E-state index in [-0.39, 0.29) is 18.3 Å². The molecule has 148 valence electrons. The SMILES string of the molecule is CC[C@H](C)[C@@H](C(=O)OC(C)(C)C)n1cc(O)n(Cc2cccc(C)n2)c1=O. The summed E-state index contributed by atoms with van der Waals surface area (Å²) in [7, 11) is 0. The first kappa shape index (κ1) is 20.7. The van der Waals surface area contributed by atoms with Crippen LogP contribution in [0.15, 0.2) is 29.2 Å². The number of rotatable bonds is 6. The summed E-state index contributed by atoms with van der Waals surface area (Å²) < 4.78 is 7.99. The highest BCUT2D eigenvalue weighted by molar-refractivity contribution is 5.75. The topological polar surface area (TPSA) is 86.3 Å². The maximum Gasteiger partial charge on any atom is 0.332 e. The van der Waals surface area contributed by atoms with Crippen LogP contribution in [0.1, 0.15) is 58.5 Å². The lowest BCUT2D eigenvalue weighted by atomic mass is 9.99. The van der Waals surface area contributed by atoms with Crippen molar-refractivity contribution in [3.8, 4) is 5.88 Å². The second-order valence-electron chi connectivity index (χ2n) is 7.90. The molecule has 7 nitrogen and oxygen atoms in total. The van der Waals surface area contributed by atoms with Crippen molar-refractivity contribution < 1.29 is 14.6 Å². The molecule has 0 aromatic carbocycles. The monoisotopic (exact) mass is 375 g/mol. The molecule has 0 saturated heterocycles. The summed E-state index contributed by atoms with van der Waals surface area (Å²) in [5.74, 6) is -0.824. The zero-order chi connectivity index (χ0) is 20.4. The molecule has 0 aliphatic heterocycles. The average molecular weight is 375 g/mol. The van der Waals surface area contributed by atoms with Gasteiger partial charge in [-0.15, -0.1) is 0 Å². The zero-order valence-corrected chi connectivity index (χ0v) is 16.9. The molecule has 2 aromatic heterocycles. The molecular weight excluding hydrogens is 346 g/mol. The highest BCUT2D eigenvalue weighted by Gasteiger charge is 2.33. The standard InChI is InChI=1S/C20H29N3O4/c1-7-13(2)17(18(25)27-20(4,5)6)23-12-16(24)22(19(23)26)11-15-10-8-9-14(3)21-15/h8-10,12-13,17,24H,7,11H2,1-6H3/t13-,17-/m0/s1. The predicted molar refractivity (Wildman–Crippen MR) is 103 cm³/mol. The van der Waals surface area contributed by atoms with Gasteiger partial charge in [0.1, 0.15) is 11.6 Å². The Hall–Kier alpha value is -2.57. The minimum absolute atomic E-state index is 0.126. The number of ether oxygens (including phenoxy) is 1. The Balaban J connectivity index is 2.43. The summed E-state index contributed by atoms with van der Waals surface area (Å²) in [5.41, 5.74) is 0.350. The van der Waals surface area contributed by atoms with Gasteiger partial charge in [0.25, 0.3) is 0 Å². The number of pyridine rings is 1. The number of carbonyl (C=O) groups is 1. The van der Waals surface area contributed by atoms with Crippen LogP contribution in [0.2, 0.25) is 0 Å². The fourth-order valence-corrected chi connectivity index (χ4v) is 2.89. The molecule has 0 saturated carbocycles. The number of hydrogen-bond donors (Lipinski definition) is 1. The average Bonchev–Trinajstić information content (AvgIpc) is 2.81. The Morgan fingerprint density at radius 2 is 2.00 bits per heavy atom. The van der Waals surface area contributed by atoms with Crippen LogP contribution in [0, 0.1) is 12.8 Å². The third kappa shape index (κ3) is 4.99. The molecule has 0 aliphatic rings. The molecule has 2 heterocycles. The molecule has 2 aromatic rings. The number of nitrogens with zero attached hydrogens (tertiary/aromatic N) is 3. The van der Waals surface area contributed by atoms with Gasteiger partial charge in [0, 0.05) is 5.69 Å². The minimum atomic E-state index is -0.806. The lowest BCUT2D eigenvalue weighted by molar-refractivity contribution is -0.161. The van der Waals surface area contributed by atoms with Gasteiger partial charge in [0.2, 0.25) is 5.88 Å². The number of esters is 1. The molecule has 0 amide bonds. The molecule has 0 radical (unpaired) electrons. The van der Waals surface area contributed by atoms with Crippen molar-refractivity contribution in [2.24, 2.45) is 5.92 Å². The van der Waals surface area contributed by atoms with E-state index in [4.69, 9.17) is 4.74 Å². The number of aromatic hydroxyl groups is 1. The van der Waals surface area contributed by atoms with E-state index in [2.05, 4.69) is 4.98 Å². The lowest BCUT2D eigenvalue weighted by Gasteiger charge is -2.27. The van der Waals surface area contributed by atoms with E-state index in [1.807, 2.05) is 32.9 Å². The first-order valence-corrected chi connectivity index (χ1v) is 9.19. The fourth-order valence-electron chi connectivity index (χ4n) is 2.89. The van der Waals surface area contributed by atoms with Crippen molar-refractivity contribution in [2.75, 3.05) is 0 Å². The zero-order valence-electron chi connectivity index (χ0n) is 16.9. The van der Waals surface area contributed by atoms with E-state index in [0.29, 0.717) is 12.1 Å². The summed E-state index contributed by atoms with van der Waals surface area (Å²) in [6.45, 7) is 11.2. The van der Waals surface area contributed by atoms with Gasteiger partial charge in [-0.1, -0.05) is 26.3 Å². The van der Waals surface area contributed by atoms with Gasteiger partial charge in [-0.3, -0.25) is 14.1 Å². The second-order valence-corrected chi connectivity index (χ2v) is 7.90. The van der Waals surface area contributed by atoms with E-state index >= 15 is 0 Å². The van der Waals surface area contributed by atoms with Crippen molar-refractivity contribution in [2.45, 2.75) is 66.2 Å². The van der Waals surface area contributed by atoms with Crippen LogP contribution < -0.4 is 5.69 Å². The predicted octanol–water partition coefficient (Wildman–Crippen LogP) is 3.04. The Bertz CT molecular complexity index is 861. The number of aryl methyl sites for hydroxylation is 1. The molecule has 7 heteroatoms. The second kappa shape index (κ2) is 7.98. The molecule has 2 rings (SSSR count). The molecule has 0 bridgehead atoms. The Morgan fingerprint density at radius 1 is 1.33 bits per heavy atom. The summed E-state index contributed by atoms with van der Waals surface area (Å²) in [6, 6.07) is 4.69. The summed E-state index contributed by atoms with van der Waals surface area (Å²) >= 11 is 0. The van der Waals surface area contributed by atoms with Gasteiger partial charge in [-0.25, -0.2) is 9.59 Å². The van der Waals surface area contributed by atoms with E-state index in [0.717, 1.165) is 5.69 Å². The van der Waals surface area contributed by atoms with Crippen molar-refractivity contribution in [1.82, 2.24) is 14.1 Å². The van der Waals surface area contributed by atoms with Crippen LogP contribution in [-0.2, 0) is 16.1 Å². The molecule has 1 N–H and O–H groups in total. The van der Waals surface area contributed by atoms with Crippen LogP contribution in [-0.4, -0.2) is 30.8 Å². The van der Waals surface area contributed by atoms with Crippen molar-refractivity contribution in [3.05, 3.63) is 46.3 Å². The lowest BCUT2D eigenvalue weighted by Crippen LogP contribution is -2.38. The van der Waals surface area contributed by atoms with Crippen molar-refractivity contribution >= 4 is 5.97 Å². The van der Waals surface area contributed by atoms with E-state index in [9.17, 15) is 14.7 Å². The van der Waals surface area contributed by atoms with Gasteiger partial charge in [-0.2, -0.15) is 0 Å². The quantitative estimate of drug-likeness (QED) is 0.784. The van der Waals surface area contributed by atoms with Gasteiger partial charge >= 0.3 is 11.7 Å². The van der Waals surface area contributed by atoms with Gasteiger partial charge in [0.15, 0.2) is 0 Å². The van der Waals surface area contributed by atoms with Crippen LogP contribution in [0.5, 0.6) is 5.88 Å². The summed E-state index contributed by atoms with van der Waals surface area (Å²) in [5, 5.41) is 10.3. The number of imidazole rings is 1. The first-order chi connectivity index (χ1) is 12.5. The molecule has 0 aliphatic carbocycles. The fraction of sp³-hybridized carbons (Fsp3) is 0.550. The molecule has 0 unspecified atom stereocenters. The normalized spacial score (nSPS) is 14.0. The van der Waals surface area contributed by atoms with Crippen molar-refractivity contribution in [3.63, 3.8) is 0 Å². The number of hydrogen-bond acceptors (Lipinski definition) is 5. The molecular formula is C20H29N3O4. The third-order valence-electron chi connectivity index (χ3n) is 4.38. The molecule has 0 spiro atoms. The highest BCUT2D eigenvalue weighted by atomic mass is 16.6. The van der Waals surface area contributed by atoms with Gasteiger partial charge < -0.3 is 9.84 Å². The van der Waals surface area contributed by atoms with Crippen LogP contribution in [0.3, 0.4) is 0 Å². The minimum Gasteiger partial charge on any atom is -0.493 e. The van der Waals surface area contributed by atoms with E-state index in [1.165, 1.54) is 15.3 Å². The first-order valence-electron chi connectivity index (χ1n) is 9.19. The van der Waals surface area contributed by atoms with E-state index < -0.39 is 23.3 Å². The van der Waals surface area contributed by atoms with Crippen LogP contribution in [0.25, 0.3) is 0 Å². The molecule has 0 fully saturated rings. The van der Waals surface area contributed by atoms with Gasteiger partial charge in [0.05, 0.1) is 18.4 Å². The maximum atomic E-state index is 12.9. The number of carbonyl (C=O) groups excluding carboxylic acids is 1. The third-order valence-corrected chi connectivity index (χ3v) is 4.38. The van der Waals surface area contributed by atoms with Crippen LogP contribution in [0.4, 0.5) is 0 Å². The van der Waals surface area contributed by atoms with Gasteiger partial charge in [-0.05, 0) is 45.7 Å². The number of aromatic nitrogens is 3. The smallest absolute Gasteiger partial charge is 0.332 e. The largest absolute Gasteiger partial charge is 0.493 e. The Morgan fingerprint density at radius 3 is 2.56 bits per heavy atom. The highest BCUT2D eigenvalue weighted by Crippen LogP contribution is 2.25. The molecule has 2 atom stereocenters. The van der Waals surface area contributed by atoms with Crippen molar-refractivity contribution in [1.29, 1.82) is 0 Å². The van der Waals surface area contributed by atoms with Crippen LogP contribution >= 0.6 is 0 Å². The Kier molecular flexibility index (Phi) is 6.13. The summed E-state index contributed by atoms with van der Waals surface area (Å²) in [4.78, 5) is 30.1. The Labute approximate surface area is 159 Å². The summed E-state index contributed by atoms with van der Waals surface area (Å²) in [6.07, 6.45) is 1.99. The molecule has 27 heavy (non-hydrogen) atoms.